The molecule has 3 rings (SSSR count). The maximum Gasteiger partial charge on any atom is 0.234 e. The first-order chi connectivity index (χ1) is 13.8. The van der Waals surface area contributed by atoms with Crippen LogP contribution in [0.25, 0.3) is 0 Å². The largest absolute Gasteiger partial charge is 0.350 e. The highest BCUT2D eigenvalue weighted by Gasteiger charge is 2.24. The van der Waals surface area contributed by atoms with E-state index in [1.807, 2.05) is 20.8 Å². The Morgan fingerprint density at radius 1 is 0.966 bits per heavy atom. The first-order valence-corrected chi connectivity index (χ1v) is 10.9. The second kappa shape index (κ2) is 9.72. The van der Waals surface area contributed by atoms with Crippen molar-refractivity contribution in [3.8, 4) is 0 Å². The van der Waals surface area contributed by atoms with E-state index >= 15 is 0 Å². The summed E-state index contributed by atoms with van der Waals surface area (Å²) in [5, 5.41) is 6.28. The maximum atomic E-state index is 12.7. The van der Waals surface area contributed by atoms with Crippen molar-refractivity contribution < 1.29 is 9.59 Å². The van der Waals surface area contributed by atoms with Crippen LogP contribution < -0.4 is 10.6 Å². The molecular formula is C23H36N4O2. The molecule has 1 fully saturated rings. The number of aryl methyl sites for hydroxylation is 1. The molecule has 0 saturated carbocycles. The van der Waals surface area contributed by atoms with Crippen LogP contribution in [0.2, 0.25) is 0 Å². The summed E-state index contributed by atoms with van der Waals surface area (Å²) in [4.78, 5) is 29.3. The van der Waals surface area contributed by atoms with Crippen molar-refractivity contribution in [2.45, 2.75) is 58.0 Å². The van der Waals surface area contributed by atoms with E-state index < -0.39 is 0 Å². The summed E-state index contributed by atoms with van der Waals surface area (Å²) >= 11 is 0. The lowest BCUT2D eigenvalue weighted by Crippen LogP contribution is -2.46. The molecule has 0 radical (unpaired) electrons. The summed E-state index contributed by atoms with van der Waals surface area (Å²) in [7, 11) is 0. The summed E-state index contributed by atoms with van der Waals surface area (Å²) in [5.41, 5.74) is 2.44. The highest BCUT2D eigenvalue weighted by Crippen LogP contribution is 2.29. The van der Waals surface area contributed by atoms with Crippen molar-refractivity contribution in [1.29, 1.82) is 0 Å². The number of nitrogens with one attached hydrogen (secondary N) is 2. The number of amides is 2. The summed E-state index contributed by atoms with van der Waals surface area (Å²) < 4.78 is 0. The molecule has 1 aliphatic carbocycles. The van der Waals surface area contributed by atoms with E-state index in [1.165, 1.54) is 11.1 Å². The van der Waals surface area contributed by atoms with Gasteiger partial charge in [0.1, 0.15) is 0 Å². The molecule has 1 aromatic carbocycles. The lowest BCUT2D eigenvalue weighted by Gasteiger charge is -2.28. The summed E-state index contributed by atoms with van der Waals surface area (Å²) in [6.07, 6.45) is 4.21. The average molecular weight is 401 g/mol. The molecule has 2 amide bonds. The smallest absolute Gasteiger partial charge is 0.234 e. The number of carbonyl (C=O) groups is 2. The van der Waals surface area contributed by atoms with Gasteiger partial charge < -0.3 is 10.6 Å². The normalized spacial score (nSPS) is 21.1. The number of fused-ring (bicyclic) bond motifs is 1. The Balaban J connectivity index is 1.46. The number of hydrogen-bond donors (Lipinski definition) is 2. The number of benzene rings is 1. The fourth-order valence-corrected chi connectivity index (χ4v) is 4.35. The predicted molar refractivity (Wildman–Crippen MR) is 116 cm³/mol. The zero-order chi connectivity index (χ0) is 20.9. The number of nitrogens with zero attached hydrogens (tertiary/aromatic N) is 2. The van der Waals surface area contributed by atoms with Crippen LogP contribution in [0, 0.1) is 0 Å². The maximum absolute atomic E-state index is 12.7. The summed E-state index contributed by atoms with van der Waals surface area (Å²) in [5.74, 6) is 0.172. The van der Waals surface area contributed by atoms with E-state index in [0.29, 0.717) is 13.1 Å². The molecule has 29 heavy (non-hydrogen) atoms. The highest BCUT2D eigenvalue weighted by atomic mass is 16.2. The molecular weight excluding hydrogens is 364 g/mol. The van der Waals surface area contributed by atoms with Crippen LogP contribution >= 0.6 is 0 Å². The van der Waals surface area contributed by atoms with E-state index in [0.717, 1.165) is 51.9 Å². The average Bonchev–Trinajstić information content (AvgIpc) is 2.85. The minimum atomic E-state index is -0.204. The van der Waals surface area contributed by atoms with Gasteiger partial charge in [-0.2, -0.15) is 0 Å². The molecule has 2 N–H and O–H groups in total. The second-order valence-electron chi connectivity index (χ2n) is 9.42. The summed E-state index contributed by atoms with van der Waals surface area (Å²) in [6, 6.07) is 8.59. The van der Waals surface area contributed by atoms with Gasteiger partial charge in [-0.3, -0.25) is 19.4 Å². The second-order valence-corrected chi connectivity index (χ2v) is 9.42. The van der Waals surface area contributed by atoms with Gasteiger partial charge in [-0.25, -0.2) is 0 Å². The fourth-order valence-electron chi connectivity index (χ4n) is 4.35. The molecule has 1 aromatic rings. The monoisotopic (exact) mass is 400 g/mol. The fraction of sp³-hybridized carbons (Fsp3) is 0.652. The van der Waals surface area contributed by atoms with Crippen LogP contribution in [-0.4, -0.2) is 66.4 Å². The van der Waals surface area contributed by atoms with Crippen LogP contribution in [0.4, 0.5) is 0 Å². The topological polar surface area (TPSA) is 64.7 Å². The van der Waals surface area contributed by atoms with Crippen molar-refractivity contribution >= 4 is 11.8 Å². The molecule has 1 unspecified atom stereocenters. The van der Waals surface area contributed by atoms with E-state index in [-0.39, 0.29) is 23.4 Å². The third kappa shape index (κ3) is 6.82. The molecule has 1 heterocycles. The zero-order valence-corrected chi connectivity index (χ0v) is 18.2. The minimum absolute atomic E-state index is 0.0691. The lowest BCUT2D eigenvalue weighted by molar-refractivity contribution is -0.124. The van der Waals surface area contributed by atoms with Crippen LogP contribution in [0.5, 0.6) is 0 Å². The van der Waals surface area contributed by atoms with E-state index in [1.54, 1.807) is 0 Å². The van der Waals surface area contributed by atoms with Crippen LogP contribution in [-0.2, 0) is 16.0 Å². The highest BCUT2D eigenvalue weighted by molar-refractivity contribution is 5.79. The molecule has 1 aliphatic heterocycles. The molecule has 0 bridgehead atoms. The van der Waals surface area contributed by atoms with E-state index in [9.17, 15) is 9.59 Å². The molecule has 2 aliphatic rings. The molecule has 1 atom stereocenters. The molecule has 1 saturated heterocycles. The molecule has 0 spiro atoms. The van der Waals surface area contributed by atoms with E-state index in [2.05, 4.69) is 44.7 Å². The standard InChI is InChI=1S/C23H36N4O2/c1-23(2,3)25-22(29)17-27-13-7-12-26(14-15-27)16-21(28)24-20-11-6-9-18-8-4-5-10-19(18)20/h4-5,8,10,20H,6-7,9,11-17H2,1-3H3,(H,24,28)(H,25,29). The van der Waals surface area contributed by atoms with Crippen molar-refractivity contribution in [3.63, 3.8) is 0 Å². The number of hydrogen-bond acceptors (Lipinski definition) is 4. The predicted octanol–water partition coefficient (Wildman–Crippen LogP) is 2.10. The lowest BCUT2D eigenvalue weighted by atomic mass is 9.88. The summed E-state index contributed by atoms with van der Waals surface area (Å²) in [6.45, 7) is 10.3. The Kier molecular flexibility index (Phi) is 7.30. The molecule has 0 aromatic heterocycles. The van der Waals surface area contributed by atoms with Crippen molar-refractivity contribution in [1.82, 2.24) is 20.4 Å². The van der Waals surface area contributed by atoms with Gasteiger partial charge in [0.2, 0.25) is 11.8 Å². The minimum Gasteiger partial charge on any atom is -0.350 e. The number of carbonyl (C=O) groups excluding carboxylic acids is 2. The first-order valence-electron chi connectivity index (χ1n) is 10.9. The van der Waals surface area contributed by atoms with Gasteiger partial charge >= 0.3 is 0 Å². The van der Waals surface area contributed by atoms with Gasteiger partial charge in [0.25, 0.3) is 0 Å². The Morgan fingerprint density at radius 3 is 2.31 bits per heavy atom. The molecule has 6 nitrogen and oxygen atoms in total. The van der Waals surface area contributed by atoms with Gasteiger partial charge in [-0.15, -0.1) is 0 Å². The third-order valence-electron chi connectivity index (χ3n) is 5.63. The van der Waals surface area contributed by atoms with Crippen molar-refractivity contribution in [2.24, 2.45) is 0 Å². The first kappa shape index (κ1) is 21.8. The Bertz CT molecular complexity index is 713. The van der Waals surface area contributed by atoms with E-state index in [4.69, 9.17) is 0 Å². The van der Waals surface area contributed by atoms with Crippen LogP contribution in [0.3, 0.4) is 0 Å². The number of rotatable bonds is 5. The van der Waals surface area contributed by atoms with Gasteiger partial charge in [0.05, 0.1) is 19.1 Å². The van der Waals surface area contributed by atoms with Crippen molar-refractivity contribution in [3.05, 3.63) is 35.4 Å². The molecule has 160 valence electrons. The van der Waals surface area contributed by atoms with Gasteiger partial charge in [0, 0.05) is 18.6 Å². The SMILES string of the molecule is CC(C)(C)NC(=O)CN1CCCN(CC(=O)NC2CCCc3ccccc32)CC1. The Labute approximate surface area is 175 Å². The third-order valence-corrected chi connectivity index (χ3v) is 5.63. The van der Waals surface area contributed by atoms with Gasteiger partial charge in [-0.1, -0.05) is 24.3 Å². The Morgan fingerprint density at radius 2 is 1.62 bits per heavy atom. The zero-order valence-electron chi connectivity index (χ0n) is 18.2. The van der Waals surface area contributed by atoms with Gasteiger partial charge in [0.15, 0.2) is 0 Å². The Hall–Kier alpha value is -1.92. The van der Waals surface area contributed by atoms with Gasteiger partial charge in [-0.05, 0) is 70.7 Å². The van der Waals surface area contributed by atoms with Crippen molar-refractivity contribution in [2.75, 3.05) is 39.3 Å². The quantitative estimate of drug-likeness (QED) is 0.795. The van der Waals surface area contributed by atoms with Crippen LogP contribution in [0.15, 0.2) is 24.3 Å². The van der Waals surface area contributed by atoms with Crippen LogP contribution in [0.1, 0.15) is 57.2 Å². The molecule has 6 heteroatoms.